The van der Waals surface area contributed by atoms with Crippen molar-refractivity contribution in [2.45, 2.75) is 45.3 Å². The molecule has 1 aromatic heterocycles. The molecule has 1 atom stereocenters. The molecule has 0 aliphatic rings. The third-order valence-electron chi connectivity index (χ3n) is 3.40. The van der Waals surface area contributed by atoms with Gasteiger partial charge in [0.05, 0.1) is 19.0 Å². The van der Waals surface area contributed by atoms with E-state index in [1.807, 2.05) is 35.2 Å². The smallest absolute Gasteiger partial charge is 0.0986 e. The van der Waals surface area contributed by atoms with Crippen molar-refractivity contribution in [2.24, 2.45) is 0 Å². The Morgan fingerprint density at radius 3 is 2.81 bits per heavy atom. The summed E-state index contributed by atoms with van der Waals surface area (Å²) in [5.41, 5.74) is 1.22. The molecule has 0 aliphatic heterocycles. The average molecular weight is 284 g/mol. The van der Waals surface area contributed by atoms with Gasteiger partial charge in [0.1, 0.15) is 0 Å². The fourth-order valence-corrected chi connectivity index (χ4v) is 2.16. The standard InChI is InChI=1S/C18H24N2O/c1-2-3-5-10-18(11-13-20-14-12-19-16-20)21-15-17-8-6-4-7-9-17/h4,6-9,11-14,16,18H,2-3,5,10,15H2,1H3/b13-11+. The van der Waals surface area contributed by atoms with Crippen molar-refractivity contribution in [2.75, 3.05) is 0 Å². The summed E-state index contributed by atoms with van der Waals surface area (Å²) in [6, 6.07) is 10.3. The molecule has 3 heteroatoms. The lowest BCUT2D eigenvalue weighted by Gasteiger charge is -2.14. The van der Waals surface area contributed by atoms with Crippen molar-refractivity contribution in [3.05, 3.63) is 60.7 Å². The van der Waals surface area contributed by atoms with Gasteiger partial charge in [0.25, 0.3) is 0 Å². The van der Waals surface area contributed by atoms with E-state index in [2.05, 4.69) is 30.1 Å². The van der Waals surface area contributed by atoms with Crippen LogP contribution < -0.4 is 0 Å². The fourth-order valence-electron chi connectivity index (χ4n) is 2.16. The van der Waals surface area contributed by atoms with E-state index in [0.717, 1.165) is 6.42 Å². The van der Waals surface area contributed by atoms with Crippen LogP contribution in [0.2, 0.25) is 0 Å². The minimum atomic E-state index is 0.152. The summed E-state index contributed by atoms with van der Waals surface area (Å²) in [7, 11) is 0. The van der Waals surface area contributed by atoms with Crippen LogP contribution in [0.5, 0.6) is 0 Å². The zero-order valence-corrected chi connectivity index (χ0v) is 12.7. The van der Waals surface area contributed by atoms with Crippen molar-refractivity contribution >= 4 is 6.20 Å². The van der Waals surface area contributed by atoms with Crippen LogP contribution in [0.25, 0.3) is 6.20 Å². The largest absolute Gasteiger partial charge is 0.369 e. The highest BCUT2D eigenvalue weighted by molar-refractivity contribution is 5.23. The quantitative estimate of drug-likeness (QED) is 0.633. The topological polar surface area (TPSA) is 27.1 Å². The normalized spacial score (nSPS) is 12.8. The lowest BCUT2D eigenvalue weighted by Crippen LogP contribution is -2.10. The van der Waals surface area contributed by atoms with E-state index in [1.165, 1.54) is 24.8 Å². The molecule has 1 unspecified atom stereocenters. The van der Waals surface area contributed by atoms with Gasteiger partial charge < -0.3 is 9.30 Å². The first kappa shape index (κ1) is 15.5. The van der Waals surface area contributed by atoms with E-state index in [1.54, 1.807) is 12.5 Å². The molecule has 2 rings (SSSR count). The van der Waals surface area contributed by atoms with Gasteiger partial charge in [0, 0.05) is 18.6 Å². The molecule has 0 spiro atoms. The predicted octanol–water partition coefficient (Wildman–Crippen LogP) is 4.52. The van der Waals surface area contributed by atoms with Crippen molar-refractivity contribution in [1.82, 2.24) is 9.55 Å². The number of hydrogen-bond acceptors (Lipinski definition) is 2. The molecule has 0 N–H and O–H groups in total. The maximum atomic E-state index is 6.05. The predicted molar refractivity (Wildman–Crippen MR) is 86.7 cm³/mol. The van der Waals surface area contributed by atoms with E-state index >= 15 is 0 Å². The molecular formula is C18H24N2O. The van der Waals surface area contributed by atoms with Crippen LogP contribution in [0.4, 0.5) is 0 Å². The van der Waals surface area contributed by atoms with E-state index < -0.39 is 0 Å². The van der Waals surface area contributed by atoms with Crippen LogP contribution in [0, 0.1) is 0 Å². The fraction of sp³-hybridized carbons (Fsp3) is 0.389. The molecule has 0 aliphatic carbocycles. The first-order valence-corrected chi connectivity index (χ1v) is 7.69. The van der Waals surface area contributed by atoms with Crippen LogP contribution in [0.1, 0.15) is 38.2 Å². The zero-order valence-electron chi connectivity index (χ0n) is 12.7. The van der Waals surface area contributed by atoms with Gasteiger partial charge in [0.15, 0.2) is 0 Å². The number of hydrogen-bond donors (Lipinski definition) is 0. The minimum Gasteiger partial charge on any atom is -0.369 e. The molecule has 3 nitrogen and oxygen atoms in total. The summed E-state index contributed by atoms with van der Waals surface area (Å²) in [5, 5.41) is 0. The maximum absolute atomic E-state index is 6.05. The highest BCUT2D eigenvalue weighted by atomic mass is 16.5. The number of rotatable bonds is 9. The third kappa shape index (κ3) is 5.96. The van der Waals surface area contributed by atoms with E-state index in [0.29, 0.717) is 6.61 Å². The second-order valence-corrected chi connectivity index (χ2v) is 5.18. The summed E-state index contributed by atoms with van der Waals surface area (Å²) >= 11 is 0. The van der Waals surface area contributed by atoms with Gasteiger partial charge in [-0.25, -0.2) is 4.98 Å². The third-order valence-corrected chi connectivity index (χ3v) is 3.40. The van der Waals surface area contributed by atoms with Gasteiger partial charge >= 0.3 is 0 Å². The second-order valence-electron chi connectivity index (χ2n) is 5.18. The number of imidazole rings is 1. The summed E-state index contributed by atoms with van der Waals surface area (Å²) in [4.78, 5) is 4.04. The molecule has 0 saturated heterocycles. The summed E-state index contributed by atoms with van der Waals surface area (Å²) in [6.45, 7) is 2.88. The Morgan fingerprint density at radius 2 is 2.10 bits per heavy atom. The Morgan fingerprint density at radius 1 is 1.24 bits per heavy atom. The van der Waals surface area contributed by atoms with E-state index in [-0.39, 0.29) is 6.10 Å². The molecule has 0 radical (unpaired) electrons. The van der Waals surface area contributed by atoms with Crippen LogP contribution in [0.15, 0.2) is 55.1 Å². The molecule has 0 bridgehead atoms. The molecule has 1 heterocycles. The van der Waals surface area contributed by atoms with Gasteiger partial charge in [-0.15, -0.1) is 0 Å². The average Bonchev–Trinajstić information content (AvgIpc) is 3.04. The van der Waals surface area contributed by atoms with Crippen molar-refractivity contribution in [3.8, 4) is 0 Å². The molecule has 0 amide bonds. The van der Waals surface area contributed by atoms with Crippen molar-refractivity contribution < 1.29 is 4.74 Å². The van der Waals surface area contributed by atoms with Gasteiger partial charge in [-0.05, 0) is 18.1 Å². The van der Waals surface area contributed by atoms with E-state index in [4.69, 9.17) is 4.74 Å². The van der Waals surface area contributed by atoms with Crippen molar-refractivity contribution in [1.29, 1.82) is 0 Å². The maximum Gasteiger partial charge on any atom is 0.0986 e. The number of unbranched alkanes of at least 4 members (excludes halogenated alkanes) is 2. The van der Waals surface area contributed by atoms with Gasteiger partial charge in [-0.1, -0.05) is 56.5 Å². The first-order chi connectivity index (χ1) is 10.4. The minimum absolute atomic E-state index is 0.152. The van der Waals surface area contributed by atoms with Gasteiger partial charge in [-0.2, -0.15) is 0 Å². The molecular weight excluding hydrogens is 260 g/mol. The Balaban J connectivity index is 1.88. The number of benzene rings is 1. The molecule has 0 saturated carbocycles. The van der Waals surface area contributed by atoms with Crippen LogP contribution in [-0.2, 0) is 11.3 Å². The number of aromatic nitrogens is 2. The highest BCUT2D eigenvalue weighted by Gasteiger charge is 2.05. The zero-order chi connectivity index (χ0) is 14.8. The molecule has 21 heavy (non-hydrogen) atoms. The molecule has 2 aromatic rings. The monoisotopic (exact) mass is 284 g/mol. The Labute approximate surface area is 127 Å². The molecule has 112 valence electrons. The number of ether oxygens (including phenoxy) is 1. The Bertz CT molecular complexity index is 505. The first-order valence-electron chi connectivity index (χ1n) is 7.69. The van der Waals surface area contributed by atoms with Crippen molar-refractivity contribution in [3.63, 3.8) is 0 Å². The SMILES string of the molecule is CCCCCC(/C=C/n1ccnc1)OCc1ccccc1. The van der Waals surface area contributed by atoms with E-state index in [9.17, 15) is 0 Å². The Kier molecular flexibility index (Phi) is 6.75. The summed E-state index contributed by atoms with van der Waals surface area (Å²) < 4.78 is 8.00. The van der Waals surface area contributed by atoms with Gasteiger partial charge in [-0.3, -0.25) is 0 Å². The Hall–Kier alpha value is -1.87. The molecule has 0 fully saturated rings. The summed E-state index contributed by atoms with van der Waals surface area (Å²) in [5.74, 6) is 0. The number of nitrogens with zero attached hydrogens (tertiary/aromatic N) is 2. The lowest BCUT2D eigenvalue weighted by atomic mass is 10.1. The molecule has 1 aromatic carbocycles. The van der Waals surface area contributed by atoms with Crippen LogP contribution in [-0.4, -0.2) is 15.7 Å². The summed E-state index contributed by atoms with van der Waals surface area (Å²) in [6.07, 6.45) is 14.5. The lowest BCUT2D eigenvalue weighted by molar-refractivity contribution is 0.0652. The van der Waals surface area contributed by atoms with Crippen LogP contribution >= 0.6 is 0 Å². The second kappa shape index (κ2) is 9.14. The van der Waals surface area contributed by atoms with Gasteiger partial charge in [0.2, 0.25) is 0 Å². The highest BCUT2D eigenvalue weighted by Crippen LogP contribution is 2.12. The van der Waals surface area contributed by atoms with Crippen LogP contribution in [0.3, 0.4) is 0 Å².